The maximum absolute atomic E-state index is 11.7. The van der Waals surface area contributed by atoms with Gasteiger partial charge in [-0.05, 0) is 31.4 Å². The van der Waals surface area contributed by atoms with Gasteiger partial charge in [0.15, 0.2) is 5.82 Å². The Balaban J connectivity index is 1.94. The highest BCUT2D eigenvalue weighted by atomic mass is 16.3. The van der Waals surface area contributed by atoms with Crippen molar-refractivity contribution >= 4 is 17.4 Å². The summed E-state index contributed by atoms with van der Waals surface area (Å²) in [6.45, 7) is 0. The summed E-state index contributed by atoms with van der Waals surface area (Å²) in [5.41, 5.74) is 6.50. The Labute approximate surface area is 139 Å². The van der Waals surface area contributed by atoms with Crippen LogP contribution in [0.5, 0.6) is 0 Å². The summed E-state index contributed by atoms with van der Waals surface area (Å²) in [5.74, 6) is -0.793. The minimum absolute atomic E-state index is 0.260. The fourth-order valence-electron chi connectivity index (χ4n) is 3.11. The van der Waals surface area contributed by atoms with Crippen LogP contribution in [0.25, 0.3) is 0 Å². The summed E-state index contributed by atoms with van der Waals surface area (Å²) in [6, 6.07) is 11.2. The lowest BCUT2D eigenvalue weighted by molar-refractivity contribution is 0.0613. The van der Waals surface area contributed by atoms with Gasteiger partial charge in [0.05, 0.1) is 24.1 Å². The van der Waals surface area contributed by atoms with E-state index in [0.717, 1.165) is 18.5 Å². The number of nitriles is 1. The van der Waals surface area contributed by atoms with Gasteiger partial charge < -0.3 is 16.2 Å². The predicted molar refractivity (Wildman–Crippen MR) is 88.5 cm³/mol. The first kappa shape index (κ1) is 16.0. The van der Waals surface area contributed by atoms with E-state index in [1.54, 1.807) is 10.9 Å². The van der Waals surface area contributed by atoms with Gasteiger partial charge in [0.2, 0.25) is 0 Å². The second-order valence-electron chi connectivity index (χ2n) is 5.95. The number of carbonyl (C=O) groups is 1. The summed E-state index contributed by atoms with van der Waals surface area (Å²) in [4.78, 5) is 11.7. The number of para-hydroxylation sites is 1. The van der Waals surface area contributed by atoms with Crippen molar-refractivity contribution in [2.75, 3.05) is 5.32 Å². The molecule has 7 nitrogen and oxygen atoms in total. The highest BCUT2D eigenvalue weighted by Crippen LogP contribution is 2.34. The molecule has 1 amide bonds. The molecule has 7 heteroatoms. The molecule has 1 heterocycles. The molecule has 1 unspecified atom stereocenters. The molecular weight excluding hydrogens is 306 g/mol. The van der Waals surface area contributed by atoms with Crippen molar-refractivity contribution in [1.82, 2.24) is 9.78 Å². The Bertz CT molecular complexity index is 765. The molecule has 1 saturated carbocycles. The van der Waals surface area contributed by atoms with E-state index in [2.05, 4.69) is 16.5 Å². The highest BCUT2D eigenvalue weighted by molar-refractivity contribution is 5.98. The fraction of sp³-hybridized carbons (Fsp3) is 0.353. The molecule has 1 aliphatic rings. The number of nitrogens with two attached hydrogens (primary N) is 1. The van der Waals surface area contributed by atoms with E-state index in [4.69, 9.17) is 5.73 Å². The van der Waals surface area contributed by atoms with E-state index >= 15 is 0 Å². The lowest BCUT2D eigenvalue weighted by Gasteiger charge is -2.31. The molecule has 1 aromatic carbocycles. The molecule has 0 radical (unpaired) electrons. The molecule has 124 valence electrons. The molecule has 0 saturated heterocycles. The molecular formula is C17H19N5O2. The van der Waals surface area contributed by atoms with Crippen molar-refractivity contribution in [3.8, 4) is 6.07 Å². The Morgan fingerprint density at radius 3 is 2.79 bits per heavy atom. The smallest absolute Gasteiger partial charge is 0.254 e. The van der Waals surface area contributed by atoms with Gasteiger partial charge in [0, 0.05) is 11.9 Å². The molecule has 4 N–H and O–H groups in total. The molecule has 0 aliphatic heterocycles. The van der Waals surface area contributed by atoms with Crippen LogP contribution in [-0.4, -0.2) is 26.9 Å². The largest absolute Gasteiger partial charge is 0.392 e. The third-order valence-electron chi connectivity index (χ3n) is 4.35. The van der Waals surface area contributed by atoms with Crippen LogP contribution in [0.3, 0.4) is 0 Å². The lowest BCUT2D eigenvalue weighted by atomic mass is 9.83. The summed E-state index contributed by atoms with van der Waals surface area (Å²) in [5, 5.41) is 26.9. The lowest BCUT2D eigenvalue weighted by Crippen LogP contribution is -2.33. The number of nitrogens with one attached hydrogen (secondary N) is 1. The number of nitrogens with zero attached hydrogens (tertiary/aromatic N) is 3. The summed E-state index contributed by atoms with van der Waals surface area (Å²) < 4.78 is 1.58. The second kappa shape index (κ2) is 6.72. The molecule has 0 bridgehead atoms. The number of rotatable bonds is 4. The maximum Gasteiger partial charge on any atom is 0.254 e. The van der Waals surface area contributed by atoms with Gasteiger partial charge >= 0.3 is 0 Å². The first-order chi connectivity index (χ1) is 11.6. The fourth-order valence-corrected chi connectivity index (χ4v) is 3.11. The van der Waals surface area contributed by atoms with Crippen molar-refractivity contribution in [2.45, 2.75) is 31.4 Å². The van der Waals surface area contributed by atoms with Crippen LogP contribution in [-0.2, 0) is 0 Å². The van der Waals surface area contributed by atoms with Crippen molar-refractivity contribution < 1.29 is 9.90 Å². The van der Waals surface area contributed by atoms with E-state index in [-0.39, 0.29) is 11.6 Å². The topological polar surface area (TPSA) is 117 Å². The van der Waals surface area contributed by atoms with Gasteiger partial charge in [-0.3, -0.25) is 9.48 Å². The number of anilines is 2. The third kappa shape index (κ3) is 3.09. The van der Waals surface area contributed by atoms with E-state index in [0.29, 0.717) is 12.2 Å². The van der Waals surface area contributed by atoms with E-state index in [9.17, 15) is 15.2 Å². The molecule has 3 atom stereocenters. The zero-order valence-corrected chi connectivity index (χ0v) is 13.1. The van der Waals surface area contributed by atoms with Crippen LogP contribution in [0.1, 0.15) is 35.7 Å². The number of primary amides is 1. The molecule has 3 rings (SSSR count). The number of aliphatic hydroxyl groups excluding tert-OH is 1. The van der Waals surface area contributed by atoms with Crippen LogP contribution in [0.4, 0.5) is 11.5 Å². The summed E-state index contributed by atoms with van der Waals surface area (Å²) in [7, 11) is 0. The summed E-state index contributed by atoms with van der Waals surface area (Å²) >= 11 is 0. The van der Waals surface area contributed by atoms with Gasteiger partial charge in [-0.15, -0.1) is 0 Å². The number of carbonyl (C=O) groups excluding carboxylic acids is 1. The zero-order chi connectivity index (χ0) is 17.1. The number of benzene rings is 1. The molecule has 2 aromatic rings. The molecule has 0 spiro atoms. The van der Waals surface area contributed by atoms with Gasteiger partial charge in [-0.2, -0.15) is 10.4 Å². The first-order valence-electron chi connectivity index (χ1n) is 7.89. The average Bonchev–Trinajstić information content (AvgIpc) is 2.99. The first-order valence-corrected chi connectivity index (χ1v) is 7.89. The standard InChI is InChI=1S/C17H19N5O2/c18-9-12-14(7-4-8-15(12)23)22-10-13(16(19)24)17(21-22)20-11-5-2-1-3-6-11/h1-3,5-6,10,12,14-15,23H,4,7-8H2,(H2,19,24)(H,20,21)/t12?,14-,15+/m0/s1. The van der Waals surface area contributed by atoms with Crippen molar-refractivity contribution in [3.63, 3.8) is 0 Å². The van der Waals surface area contributed by atoms with Crippen LogP contribution in [0, 0.1) is 17.2 Å². The average molecular weight is 325 g/mol. The quantitative estimate of drug-likeness (QED) is 0.794. The minimum atomic E-state index is -0.680. The molecule has 1 aromatic heterocycles. The van der Waals surface area contributed by atoms with E-state index < -0.39 is 17.9 Å². The number of aromatic nitrogens is 2. The third-order valence-corrected chi connectivity index (χ3v) is 4.35. The number of hydrogen-bond acceptors (Lipinski definition) is 5. The van der Waals surface area contributed by atoms with Crippen LogP contribution < -0.4 is 11.1 Å². The molecule has 24 heavy (non-hydrogen) atoms. The monoisotopic (exact) mass is 325 g/mol. The predicted octanol–water partition coefficient (Wildman–Crippen LogP) is 1.95. The highest BCUT2D eigenvalue weighted by Gasteiger charge is 2.34. The van der Waals surface area contributed by atoms with Crippen molar-refractivity contribution in [1.29, 1.82) is 5.26 Å². The number of aliphatic hydroxyl groups is 1. The Morgan fingerprint density at radius 1 is 1.38 bits per heavy atom. The number of hydrogen-bond donors (Lipinski definition) is 3. The van der Waals surface area contributed by atoms with Gasteiger partial charge in [0.1, 0.15) is 5.56 Å². The van der Waals surface area contributed by atoms with Crippen molar-refractivity contribution in [3.05, 3.63) is 42.1 Å². The van der Waals surface area contributed by atoms with E-state index in [1.165, 1.54) is 0 Å². The maximum atomic E-state index is 11.7. The van der Waals surface area contributed by atoms with Crippen LogP contribution in [0.15, 0.2) is 36.5 Å². The SMILES string of the molecule is N#CC1[C@H](O)CCC[C@@H]1n1cc(C(N)=O)c(Nc2ccccc2)n1. The minimum Gasteiger partial charge on any atom is -0.392 e. The van der Waals surface area contributed by atoms with Crippen LogP contribution >= 0.6 is 0 Å². The second-order valence-corrected chi connectivity index (χ2v) is 5.95. The van der Waals surface area contributed by atoms with E-state index in [1.807, 2.05) is 30.3 Å². The van der Waals surface area contributed by atoms with Gasteiger partial charge in [-0.1, -0.05) is 18.2 Å². The summed E-state index contributed by atoms with van der Waals surface area (Å²) in [6.07, 6.45) is 3.01. The zero-order valence-electron chi connectivity index (χ0n) is 13.1. The Morgan fingerprint density at radius 2 is 2.12 bits per heavy atom. The van der Waals surface area contributed by atoms with Gasteiger partial charge in [0.25, 0.3) is 5.91 Å². The number of amides is 1. The molecule has 1 fully saturated rings. The molecule has 1 aliphatic carbocycles. The van der Waals surface area contributed by atoms with Crippen molar-refractivity contribution in [2.24, 2.45) is 11.7 Å². The van der Waals surface area contributed by atoms with Gasteiger partial charge in [-0.25, -0.2) is 0 Å². The normalized spacial score (nSPS) is 23.4. The Kier molecular flexibility index (Phi) is 4.49. The Hall–Kier alpha value is -2.85. The van der Waals surface area contributed by atoms with Crippen LogP contribution in [0.2, 0.25) is 0 Å².